The summed E-state index contributed by atoms with van der Waals surface area (Å²) in [4.78, 5) is 0. The van der Waals surface area contributed by atoms with Gasteiger partial charge >= 0.3 is 0 Å². The van der Waals surface area contributed by atoms with Gasteiger partial charge in [0.2, 0.25) is 0 Å². The van der Waals surface area contributed by atoms with Crippen LogP contribution in [0, 0.1) is 23.6 Å². The normalized spacial score (nSPS) is 17.9. The minimum absolute atomic E-state index is 0.131. The molecule has 3 heteroatoms. The summed E-state index contributed by atoms with van der Waals surface area (Å²) < 4.78 is 19.0. The molecule has 0 fully saturated rings. The maximum absolute atomic E-state index is 13.2. The summed E-state index contributed by atoms with van der Waals surface area (Å²) in [6.07, 6.45) is 0.931. The first-order valence-electron chi connectivity index (χ1n) is 7.63. The van der Waals surface area contributed by atoms with E-state index in [0.717, 1.165) is 30.8 Å². The van der Waals surface area contributed by atoms with Crippen molar-refractivity contribution in [2.24, 2.45) is 17.8 Å². The van der Waals surface area contributed by atoms with Crippen LogP contribution in [0.5, 0.6) is 5.75 Å². The standard InChI is InChI=1S/C17H26FNO/c1-11(2)16(12(3)4)10-19-9-15-8-13-7-14(18)5-6-17(13)20-15/h5-7,11-12,15-16,19H,8-10H2,1-4H3. The minimum atomic E-state index is -0.180. The maximum Gasteiger partial charge on any atom is 0.123 e. The zero-order chi connectivity index (χ0) is 14.7. The maximum atomic E-state index is 13.2. The van der Waals surface area contributed by atoms with Gasteiger partial charge in [0.15, 0.2) is 0 Å². The molecule has 1 unspecified atom stereocenters. The molecular formula is C17H26FNO. The van der Waals surface area contributed by atoms with E-state index >= 15 is 0 Å². The number of halogens is 1. The SMILES string of the molecule is CC(C)C(CNCC1Cc2cc(F)ccc2O1)C(C)C. The van der Waals surface area contributed by atoms with Crippen LogP contribution in [0.3, 0.4) is 0 Å². The molecule has 1 aromatic rings. The number of ether oxygens (including phenoxy) is 1. The highest BCUT2D eigenvalue weighted by molar-refractivity contribution is 5.37. The fraction of sp³-hybridized carbons (Fsp3) is 0.647. The average molecular weight is 279 g/mol. The number of benzene rings is 1. The minimum Gasteiger partial charge on any atom is -0.488 e. The van der Waals surface area contributed by atoms with E-state index < -0.39 is 0 Å². The second-order valence-corrected chi connectivity index (χ2v) is 6.51. The lowest BCUT2D eigenvalue weighted by atomic mass is 9.85. The van der Waals surface area contributed by atoms with Crippen molar-refractivity contribution in [1.82, 2.24) is 5.32 Å². The molecule has 2 nitrogen and oxygen atoms in total. The van der Waals surface area contributed by atoms with Crippen molar-refractivity contribution >= 4 is 0 Å². The molecule has 1 aliphatic rings. The molecule has 2 rings (SSSR count). The Balaban J connectivity index is 1.80. The van der Waals surface area contributed by atoms with Gasteiger partial charge in [-0.05, 0) is 42.5 Å². The van der Waals surface area contributed by atoms with Crippen LogP contribution in [0.2, 0.25) is 0 Å². The Hall–Kier alpha value is -1.09. The lowest BCUT2D eigenvalue weighted by Gasteiger charge is -2.25. The zero-order valence-electron chi connectivity index (χ0n) is 12.9. The summed E-state index contributed by atoms with van der Waals surface area (Å²) in [5.41, 5.74) is 0.987. The first-order valence-corrected chi connectivity index (χ1v) is 7.63. The van der Waals surface area contributed by atoms with E-state index in [1.54, 1.807) is 12.1 Å². The van der Waals surface area contributed by atoms with E-state index in [1.807, 2.05) is 0 Å². The summed E-state index contributed by atoms with van der Waals surface area (Å²) >= 11 is 0. The van der Waals surface area contributed by atoms with Crippen molar-refractivity contribution in [3.63, 3.8) is 0 Å². The van der Waals surface area contributed by atoms with Crippen LogP contribution in [0.15, 0.2) is 18.2 Å². The molecule has 1 N–H and O–H groups in total. The van der Waals surface area contributed by atoms with E-state index in [2.05, 4.69) is 33.0 Å². The largest absolute Gasteiger partial charge is 0.488 e. The molecule has 0 radical (unpaired) electrons. The first kappa shape index (κ1) is 15.3. The summed E-state index contributed by atoms with van der Waals surface area (Å²) in [5.74, 6) is 2.69. The summed E-state index contributed by atoms with van der Waals surface area (Å²) in [7, 11) is 0. The van der Waals surface area contributed by atoms with Crippen molar-refractivity contribution < 1.29 is 9.13 Å². The van der Waals surface area contributed by atoms with Crippen molar-refractivity contribution in [2.45, 2.75) is 40.2 Å². The topological polar surface area (TPSA) is 21.3 Å². The monoisotopic (exact) mass is 279 g/mol. The van der Waals surface area contributed by atoms with Crippen molar-refractivity contribution in [2.75, 3.05) is 13.1 Å². The fourth-order valence-corrected chi connectivity index (χ4v) is 3.06. The average Bonchev–Trinajstić information content (AvgIpc) is 2.75. The third-order valence-electron chi connectivity index (χ3n) is 4.23. The molecule has 0 spiro atoms. The predicted molar refractivity (Wildman–Crippen MR) is 80.6 cm³/mol. The Bertz CT molecular complexity index is 437. The van der Waals surface area contributed by atoms with Gasteiger partial charge in [-0.25, -0.2) is 4.39 Å². The Morgan fingerprint density at radius 1 is 1.25 bits per heavy atom. The van der Waals surface area contributed by atoms with Crippen LogP contribution in [0.1, 0.15) is 33.3 Å². The summed E-state index contributed by atoms with van der Waals surface area (Å²) in [6.45, 7) is 10.9. The smallest absolute Gasteiger partial charge is 0.123 e. The third kappa shape index (κ3) is 3.72. The molecule has 112 valence electrons. The van der Waals surface area contributed by atoms with Gasteiger partial charge in [0.05, 0.1) is 0 Å². The molecule has 0 aliphatic carbocycles. The Labute approximate surface area is 121 Å². The predicted octanol–water partition coefficient (Wildman–Crippen LogP) is 3.65. The number of rotatable bonds is 6. The lowest BCUT2D eigenvalue weighted by Crippen LogP contribution is -2.36. The molecule has 0 amide bonds. The van der Waals surface area contributed by atoms with E-state index in [0.29, 0.717) is 17.8 Å². The van der Waals surface area contributed by atoms with Gasteiger partial charge in [-0.2, -0.15) is 0 Å². The van der Waals surface area contributed by atoms with Gasteiger partial charge in [0, 0.05) is 18.5 Å². The van der Waals surface area contributed by atoms with E-state index in [1.165, 1.54) is 6.07 Å². The molecule has 20 heavy (non-hydrogen) atoms. The summed E-state index contributed by atoms with van der Waals surface area (Å²) in [6, 6.07) is 4.78. The Morgan fingerprint density at radius 2 is 1.95 bits per heavy atom. The van der Waals surface area contributed by atoms with Gasteiger partial charge < -0.3 is 10.1 Å². The summed E-state index contributed by atoms with van der Waals surface area (Å²) in [5, 5.41) is 3.52. The van der Waals surface area contributed by atoms with Crippen LogP contribution in [0.25, 0.3) is 0 Å². The molecular weight excluding hydrogens is 253 g/mol. The van der Waals surface area contributed by atoms with Crippen LogP contribution in [0.4, 0.5) is 4.39 Å². The molecule has 0 saturated heterocycles. The van der Waals surface area contributed by atoms with Gasteiger partial charge in [-0.3, -0.25) is 0 Å². The number of fused-ring (bicyclic) bond motifs is 1. The van der Waals surface area contributed by atoms with Crippen molar-refractivity contribution in [1.29, 1.82) is 0 Å². The van der Waals surface area contributed by atoms with Gasteiger partial charge in [-0.15, -0.1) is 0 Å². The Morgan fingerprint density at radius 3 is 2.60 bits per heavy atom. The molecule has 0 aromatic heterocycles. The quantitative estimate of drug-likeness (QED) is 0.858. The number of hydrogen-bond acceptors (Lipinski definition) is 2. The highest BCUT2D eigenvalue weighted by atomic mass is 19.1. The molecule has 0 saturated carbocycles. The second kappa shape index (κ2) is 6.57. The molecule has 1 atom stereocenters. The van der Waals surface area contributed by atoms with Crippen LogP contribution in [-0.2, 0) is 6.42 Å². The number of hydrogen-bond donors (Lipinski definition) is 1. The van der Waals surface area contributed by atoms with E-state index in [-0.39, 0.29) is 11.9 Å². The first-order chi connectivity index (χ1) is 9.47. The van der Waals surface area contributed by atoms with Crippen molar-refractivity contribution in [3.8, 4) is 5.75 Å². The van der Waals surface area contributed by atoms with Gasteiger partial charge in [-0.1, -0.05) is 27.7 Å². The third-order valence-corrected chi connectivity index (χ3v) is 4.23. The van der Waals surface area contributed by atoms with Crippen molar-refractivity contribution in [3.05, 3.63) is 29.6 Å². The molecule has 1 aliphatic heterocycles. The fourth-order valence-electron chi connectivity index (χ4n) is 3.06. The van der Waals surface area contributed by atoms with E-state index in [9.17, 15) is 4.39 Å². The second-order valence-electron chi connectivity index (χ2n) is 6.51. The van der Waals surface area contributed by atoms with Gasteiger partial charge in [0.1, 0.15) is 17.7 Å². The highest BCUT2D eigenvalue weighted by Crippen LogP contribution is 2.29. The van der Waals surface area contributed by atoms with E-state index in [4.69, 9.17) is 4.74 Å². The zero-order valence-corrected chi connectivity index (χ0v) is 12.9. The molecule has 1 heterocycles. The van der Waals surface area contributed by atoms with Crippen LogP contribution in [-0.4, -0.2) is 19.2 Å². The molecule has 0 bridgehead atoms. The number of nitrogens with one attached hydrogen (secondary N) is 1. The molecule has 1 aromatic carbocycles. The van der Waals surface area contributed by atoms with Crippen LogP contribution >= 0.6 is 0 Å². The lowest BCUT2D eigenvalue weighted by molar-refractivity contribution is 0.211. The highest BCUT2D eigenvalue weighted by Gasteiger charge is 2.24. The van der Waals surface area contributed by atoms with Crippen LogP contribution < -0.4 is 10.1 Å². The Kier molecular flexibility index (Phi) is 5.03. The van der Waals surface area contributed by atoms with Gasteiger partial charge in [0.25, 0.3) is 0 Å².